The number of aliphatic hydroxyl groups excluding tert-OH is 2. The molecule has 2 bridgehead atoms. The number of carbonyl (C=O) groups excluding carboxylic acids is 7. The summed E-state index contributed by atoms with van der Waals surface area (Å²) in [5, 5.41) is 43.1. The number of hydrogen-bond acceptors (Lipinski definition) is 17. The van der Waals surface area contributed by atoms with Gasteiger partial charge in [-0.3, -0.25) is 28.8 Å². The fourth-order valence-electron chi connectivity index (χ4n) is 21.9. The standard InChI is InChI=1S/C79H109NO17/c1-43-30-36-77(38-37-74(15)51(59(77)44(43)2)28-29-55-73(14)34-32-57(93-46(4)81)71(10,11)54(73)31-35-75(55,74)16)69(89)95-62(61(49-24-20-18-21-25-49)80-68(88)70(7,8)9)52(84)33-39-91-53-41-79(90)66(96-67(87)50-26-22-19-23-27-50)64-76(17,56(85)40-58-78(64,42-92-58)97-48(6)83)65(86)63(94-47(5)82)60(45(53)3)72(79,12)13/h18-28,43-44,53-59,61-66,85-86,90H,29-42H2,1-17H3,(H,80,88)/t43-,44+,53+,54+,55-,56+,57+,58-,59?,61?,62?,63-,64+,65?,66+,73+,74-,75-,76-,77+,78+,79-/m1/s1. The van der Waals surface area contributed by atoms with Crippen LogP contribution in [0.25, 0.3) is 0 Å². The molecule has 8 aliphatic carbocycles. The quantitative estimate of drug-likeness (QED) is 0.0734. The van der Waals surface area contributed by atoms with Gasteiger partial charge in [0.2, 0.25) is 5.91 Å². The number of amides is 1. The van der Waals surface area contributed by atoms with E-state index in [0.717, 1.165) is 44.9 Å². The summed E-state index contributed by atoms with van der Waals surface area (Å²) in [6.45, 7) is 31.9. The molecule has 0 spiro atoms. The summed E-state index contributed by atoms with van der Waals surface area (Å²) in [4.78, 5) is 101. The highest BCUT2D eigenvalue weighted by molar-refractivity contribution is 5.91. The highest BCUT2D eigenvalue weighted by Gasteiger charge is 2.79. The molecule has 9 aliphatic rings. The molecule has 1 amide bonds. The molecule has 6 saturated carbocycles. The first-order valence-electron chi connectivity index (χ1n) is 35.9. The highest BCUT2D eigenvalue weighted by atomic mass is 16.6. The Morgan fingerprint density at radius 3 is 2.02 bits per heavy atom. The zero-order valence-corrected chi connectivity index (χ0v) is 60.5. The van der Waals surface area contributed by atoms with Gasteiger partial charge in [-0.05, 0) is 139 Å². The number of esters is 5. The van der Waals surface area contributed by atoms with Crippen LogP contribution in [-0.4, -0.2) is 130 Å². The van der Waals surface area contributed by atoms with Crippen molar-refractivity contribution in [2.24, 2.45) is 78.8 Å². The van der Waals surface area contributed by atoms with Crippen molar-refractivity contribution in [2.75, 3.05) is 13.2 Å². The number of Topliss-reactive ketones (excluding diaryl/α,β-unsaturated/α-hetero) is 1. The lowest BCUT2D eigenvalue weighted by Gasteiger charge is -2.71. The third-order valence-corrected chi connectivity index (χ3v) is 27.7. The van der Waals surface area contributed by atoms with E-state index in [0.29, 0.717) is 35.8 Å². The second kappa shape index (κ2) is 25.4. The number of ketones is 1. The highest BCUT2D eigenvalue weighted by Crippen LogP contribution is 2.76. The molecule has 2 aromatic carbocycles. The lowest BCUT2D eigenvalue weighted by molar-refractivity contribution is -0.365. The monoisotopic (exact) mass is 1340 g/mol. The van der Waals surface area contributed by atoms with Gasteiger partial charge in [-0.1, -0.05) is 150 Å². The Morgan fingerprint density at radius 2 is 1.41 bits per heavy atom. The average molecular weight is 1340 g/mol. The molecule has 0 radical (unpaired) electrons. The third-order valence-electron chi connectivity index (χ3n) is 27.7. The summed E-state index contributed by atoms with van der Waals surface area (Å²) in [5.41, 5.74) is -7.35. The van der Waals surface area contributed by atoms with Crippen molar-refractivity contribution in [1.82, 2.24) is 5.32 Å². The van der Waals surface area contributed by atoms with E-state index in [1.165, 1.54) is 26.3 Å². The fourth-order valence-corrected chi connectivity index (χ4v) is 21.9. The number of ether oxygens (including phenoxy) is 7. The minimum absolute atomic E-state index is 0.0276. The van der Waals surface area contributed by atoms with Crippen molar-refractivity contribution in [3.8, 4) is 0 Å². The molecule has 97 heavy (non-hydrogen) atoms. The summed E-state index contributed by atoms with van der Waals surface area (Å²) in [7, 11) is 0. The first kappa shape index (κ1) is 72.5. The molecule has 11 rings (SSSR count). The Morgan fingerprint density at radius 1 is 0.763 bits per heavy atom. The predicted molar refractivity (Wildman–Crippen MR) is 360 cm³/mol. The second-order valence-corrected chi connectivity index (χ2v) is 34.2. The van der Waals surface area contributed by atoms with E-state index in [1.54, 1.807) is 90.9 Å². The average Bonchev–Trinajstić information content (AvgIpc) is 0.677. The predicted octanol–water partition coefficient (Wildman–Crippen LogP) is 11.8. The molecular weight excluding hydrogens is 1230 g/mol. The Hall–Kier alpha value is -5.79. The Balaban J connectivity index is 0.962. The van der Waals surface area contributed by atoms with E-state index in [9.17, 15) is 39.3 Å². The summed E-state index contributed by atoms with van der Waals surface area (Å²) in [5.74, 6) is -4.63. The normalized spacial score (nSPS) is 40.5. The molecule has 2 aromatic rings. The van der Waals surface area contributed by atoms with Gasteiger partial charge in [0.05, 0.1) is 48.4 Å². The molecule has 7 fully saturated rings. The van der Waals surface area contributed by atoms with Gasteiger partial charge >= 0.3 is 29.8 Å². The maximum atomic E-state index is 16.4. The number of aliphatic hydroxyl groups is 3. The van der Waals surface area contributed by atoms with Crippen LogP contribution < -0.4 is 5.32 Å². The molecule has 532 valence electrons. The van der Waals surface area contributed by atoms with Gasteiger partial charge in [-0.25, -0.2) is 4.79 Å². The zero-order chi connectivity index (χ0) is 70.9. The van der Waals surface area contributed by atoms with E-state index in [-0.39, 0.29) is 101 Å². The number of allylic oxidation sites excluding steroid dienone is 2. The minimum Gasteiger partial charge on any atom is -0.462 e. The molecule has 4 unspecified atom stereocenters. The van der Waals surface area contributed by atoms with Crippen molar-refractivity contribution in [3.05, 3.63) is 94.6 Å². The molecule has 18 heteroatoms. The lowest BCUT2D eigenvalue weighted by Crippen LogP contribution is -2.82. The van der Waals surface area contributed by atoms with E-state index >= 15 is 9.59 Å². The molecule has 22 atom stereocenters. The maximum absolute atomic E-state index is 16.4. The number of hydrogen-bond donors (Lipinski definition) is 4. The van der Waals surface area contributed by atoms with E-state index in [4.69, 9.17) is 33.2 Å². The molecule has 1 saturated heterocycles. The minimum atomic E-state index is -2.27. The van der Waals surface area contributed by atoms with Crippen LogP contribution in [0.1, 0.15) is 217 Å². The smallest absolute Gasteiger partial charge is 0.338 e. The molecule has 1 heterocycles. The number of carbonyl (C=O) groups is 7. The number of rotatable bonds is 15. The Kier molecular flexibility index (Phi) is 19.0. The summed E-state index contributed by atoms with van der Waals surface area (Å²) >= 11 is 0. The Bertz CT molecular complexity index is 3480. The van der Waals surface area contributed by atoms with Crippen molar-refractivity contribution < 1.29 is 82.0 Å². The van der Waals surface area contributed by atoms with Crippen molar-refractivity contribution in [2.45, 2.75) is 261 Å². The molecule has 0 aromatic heterocycles. The largest absolute Gasteiger partial charge is 0.462 e. The number of fused-ring (bicyclic) bond motifs is 12. The van der Waals surface area contributed by atoms with Crippen molar-refractivity contribution in [1.29, 1.82) is 0 Å². The van der Waals surface area contributed by atoms with Gasteiger partial charge in [0.15, 0.2) is 23.6 Å². The third kappa shape index (κ3) is 11.4. The summed E-state index contributed by atoms with van der Waals surface area (Å²) < 4.78 is 45.2. The van der Waals surface area contributed by atoms with Gasteiger partial charge in [0.25, 0.3) is 0 Å². The maximum Gasteiger partial charge on any atom is 0.338 e. The topological polar surface area (TPSA) is 257 Å². The summed E-state index contributed by atoms with van der Waals surface area (Å²) in [6.07, 6.45) is -1.56. The van der Waals surface area contributed by atoms with Gasteiger partial charge in [-0.15, -0.1) is 0 Å². The Labute approximate surface area is 573 Å². The molecule has 1 aliphatic heterocycles. The molecule has 18 nitrogen and oxygen atoms in total. The van der Waals surface area contributed by atoms with Crippen LogP contribution in [0.5, 0.6) is 0 Å². The SMILES string of the molecule is CC(=O)O[C@@H]1C2=C(C)[C@@H](OCCC(=O)C(OC(=O)[C@]34CC[C@@H](C)[C@H](C)C3C3=CC[C@@H]5[C@@]6(C)CC[C@H](OC(C)=O)C(C)(C)[C@@H]6CC[C@@]5(C)[C@]3(C)CC4)C(NC(=O)C(C)(C)C)c3ccccc3)C[C@@](O)([C@@H](OC(=O)c3ccccc3)[C@@H]3[C@]4(OC(C)=O)CO[C@@H]4C[C@H](O)[C@@]3(C)C1O)C2(C)C. The van der Waals surface area contributed by atoms with Crippen LogP contribution in [0.4, 0.5) is 0 Å². The van der Waals surface area contributed by atoms with Gasteiger partial charge in [0, 0.05) is 61.7 Å². The van der Waals surface area contributed by atoms with Crippen LogP contribution in [0.3, 0.4) is 0 Å². The first-order chi connectivity index (χ1) is 45.2. The second-order valence-electron chi connectivity index (χ2n) is 34.2. The van der Waals surface area contributed by atoms with Gasteiger partial charge in [-0.2, -0.15) is 0 Å². The molecule has 4 N–H and O–H groups in total. The van der Waals surface area contributed by atoms with Crippen molar-refractivity contribution in [3.63, 3.8) is 0 Å². The van der Waals surface area contributed by atoms with Gasteiger partial charge < -0.3 is 53.8 Å². The number of nitrogens with one attached hydrogen (secondary N) is 1. The van der Waals surface area contributed by atoms with Gasteiger partial charge in [0.1, 0.15) is 30.0 Å². The van der Waals surface area contributed by atoms with E-state index in [1.807, 2.05) is 18.2 Å². The van der Waals surface area contributed by atoms with Crippen LogP contribution in [0, 0.1) is 78.8 Å². The van der Waals surface area contributed by atoms with Crippen LogP contribution in [-0.2, 0) is 61.9 Å². The fraction of sp³-hybridized carbons (Fsp3) is 0.709. The molecular formula is C79H109NO17. The van der Waals surface area contributed by atoms with E-state index in [2.05, 4.69) is 59.9 Å². The van der Waals surface area contributed by atoms with E-state index < -0.39 is 117 Å². The van der Waals surface area contributed by atoms with Crippen molar-refractivity contribution >= 4 is 41.5 Å². The van der Waals surface area contributed by atoms with Crippen LogP contribution >= 0.6 is 0 Å². The first-order valence-corrected chi connectivity index (χ1v) is 35.9. The van der Waals surface area contributed by atoms with Crippen LogP contribution in [0.2, 0.25) is 0 Å². The van der Waals surface area contributed by atoms with Crippen LogP contribution in [0.15, 0.2) is 83.5 Å². The summed E-state index contributed by atoms with van der Waals surface area (Å²) in [6, 6.07) is 16.0. The zero-order valence-electron chi connectivity index (χ0n) is 60.5. The number of benzene rings is 2. The lowest BCUT2D eigenvalue weighted by atomic mass is 9.33.